The van der Waals surface area contributed by atoms with E-state index in [1.807, 2.05) is 0 Å². The number of nitrogens with one attached hydrogen (secondary N) is 1. The molecule has 1 heterocycles. The molecule has 10 heteroatoms. The first-order chi connectivity index (χ1) is 12.2. The first kappa shape index (κ1) is 21.1. The lowest BCUT2D eigenvalue weighted by Gasteiger charge is -2.29. The highest BCUT2D eigenvalue weighted by Crippen LogP contribution is 2.27. The molecule has 1 aliphatic carbocycles. The van der Waals surface area contributed by atoms with Crippen LogP contribution < -0.4 is 5.32 Å². The van der Waals surface area contributed by atoms with Crippen molar-refractivity contribution in [3.05, 3.63) is 16.5 Å². The third kappa shape index (κ3) is 5.67. The average Bonchev–Trinajstić information content (AvgIpc) is 3.02. The molecule has 7 nitrogen and oxygen atoms in total. The Morgan fingerprint density at radius 3 is 2.65 bits per heavy atom. The summed E-state index contributed by atoms with van der Waals surface area (Å²) in [6, 6.07) is 2.95. The van der Waals surface area contributed by atoms with Gasteiger partial charge in [-0.3, -0.25) is 9.59 Å². The number of esters is 1. The summed E-state index contributed by atoms with van der Waals surface area (Å²) in [6.07, 6.45) is 4.23. The topological polar surface area (TPSA) is 92.8 Å². The molecule has 0 aliphatic heterocycles. The van der Waals surface area contributed by atoms with Crippen molar-refractivity contribution in [3.8, 4) is 0 Å². The minimum Gasteiger partial charge on any atom is -0.455 e. The summed E-state index contributed by atoms with van der Waals surface area (Å²) < 4.78 is 30.8. The van der Waals surface area contributed by atoms with Crippen LogP contribution in [0.25, 0.3) is 0 Å². The highest BCUT2D eigenvalue weighted by Gasteiger charge is 2.26. The van der Waals surface area contributed by atoms with Crippen LogP contribution in [0.3, 0.4) is 0 Å². The molecule has 0 radical (unpaired) electrons. The smallest absolute Gasteiger partial charge is 0.321 e. The third-order valence-corrected chi connectivity index (χ3v) is 7.89. The van der Waals surface area contributed by atoms with Gasteiger partial charge in [-0.05, 0) is 30.9 Å². The van der Waals surface area contributed by atoms with Crippen LogP contribution in [0.15, 0.2) is 16.3 Å². The molecular formula is C16H23ClN2O5S2. The number of likely N-dealkylation sites (N-methyl/N-ethyl adjacent to an activating group) is 1. The van der Waals surface area contributed by atoms with Crippen LogP contribution >= 0.6 is 22.9 Å². The molecule has 0 spiro atoms. The molecule has 1 aliphatic rings. The van der Waals surface area contributed by atoms with E-state index in [2.05, 4.69) is 12.2 Å². The number of carbonyl (C=O) groups is 2. The third-order valence-electron chi connectivity index (χ3n) is 4.39. The quantitative estimate of drug-likeness (QED) is 0.680. The fourth-order valence-corrected chi connectivity index (χ4v) is 5.64. The van der Waals surface area contributed by atoms with Gasteiger partial charge in [-0.25, -0.2) is 8.42 Å². The lowest BCUT2D eigenvalue weighted by Crippen LogP contribution is -2.43. The predicted molar refractivity (Wildman–Crippen MR) is 99.7 cm³/mol. The Morgan fingerprint density at radius 2 is 2.04 bits per heavy atom. The Bertz CT molecular complexity index is 750. The minimum atomic E-state index is -3.82. The molecule has 0 bridgehead atoms. The van der Waals surface area contributed by atoms with Crippen molar-refractivity contribution in [2.24, 2.45) is 5.92 Å². The van der Waals surface area contributed by atoms with E-state index in [9.17, 15) is 18.0 Å². The zero-order valence-electron chi connectivity index (χ0n) is 14.7. The van der Waals surface area contributed by atoms with Crippen molar-refractivity contribution >= 4 is 44.8 Å². The molecule has 0 aromatic carbocycles. The van der Waals surface area contributed by atoms with Crippen LogP contribution in [-0.2, 0) is 24.3 Å². The van der Waals surface area contributed by atoms with Gasteiger partial charge in [0.15, 0.2) is 6.61 Å². The summed E-state index contributed by atoms with van der Waals surface area (Å²) in [7, 11) is -2.54. The molecule has 1 aromatic heterocycles. The van der Waals surface area contributed by atoms with Crippen LogP contribution in [0, 0.1) is 5.92 Å². The van der Waals surface area contributed by atoms with Crippen molar-refractivity contribution in [2.45, 2.75) is 42.9 Å². The first-order valence-electron chi connectivity index (χ1n) is 8.37. The maximum atomic E-state index is 12.3. The van der Waals surface area contributed by atoms with Crippen LogP contribution in [0.1, 0.15) is 32.6 Å². The summed E-state index contributed by atoms with van der Waals surface area (Å²) in [5.74, 6) is -0.754. The molecule has 2 rings (SSSR count). The molecule has 146 valence electrons. The Hall–Kier alpha value is -1.16. The Kier molecular flexibility index (Phi) is 7.45. The predicted octanol–water partition coefficient (Wildman–Crippen LogP) is 2.26. The number of rotatable bonds is 7. The number of hydrogen-bond donors (Lipinski definition) is 1. The fourth-order valence-electron chi connectivity index (χ4n) is 2.83. The van der Waals surface area contributed by atoms with Gasteiger partial charge in [-0.1, -0.05) is 31.4 Å². The number of ether oxygens (including phenoxy) is 1. The van der Waals surface area contributed by atoms with Crippen molar-refractivity contribution in [1.82, 2.24) is 9.62 Å². The maximum Gasteiger partial charge on any atom is 0.321 e. The van der Waals surface area contributed by atoms with E-state index in [-0.39, 0.29) is 16.2 Å². The summed E-state index contributed by atoms with van der Waals surface area (Å²) in [5, 5.41) is 2.88. The number of carbonyl (C=O) groups excluding carboxylic acids is 2. The summed E-state index contributed by atoms with van der Waals surface area (Å²) >= 11 is 6.66. The second-order valence-corrected chi connectivity index (χ2v) is 10.4. The maximum absolute atomic E-state index is 12.3. The number of hydrogen-bond acceptors (Lipinski definition) is 6. The van der Waals surface area contributed by atoms with Crippen molar-refractivity contribution in [1.29, 1.82) is 0 Å². The van der Waals surface area contributed by atoms with Crippen LogP contribution in [-0.4, -0.2) is 50.8 Å². The summed E-state index contributed by atoms with van der Waals surface area (Å²) in [5.41, 5.74) is 0. The molecule has 1 fully saturated rings. The van der Waals surface area contributed by atoms with Gasteiger partial charge in [0.1, 0.15) is 10.8 Å². The van der Waals surface area contributed by atoms with Gasteiger partial charge in [-0.2, -0.15) is 4.31 Å². The molecule has 1 saturated carbocycles. The van der Waals surface area contributed by atoms with Gasteiger partial charge in [0.2, 0.25) is 0 Å². The zero-order valence-corrected chi connectivity index (χ0v) is 17.1. The second-order valence-electron chi connectivity index (χ2n) is 6.42. The number of nitrogens with zero attached hydrogens (tertiary/aromatic N) is 1. The van der Waals surface area contributed by atoms with Gasteiger partial charge in [0.25, 0.3) is 15.9 Å². The van der Waals surface area contributed by atoms with Crippen molar-refractivity contribution < 1.29 is 22.7 Å². The van der Waals surface area contributed by atoms with Gasteiger partial charge < -0.3 is 10.1 Å². The summed E-state index contributed by atoms with van der Waals surface area (Å²) in [6.45, 7) is 1.19. The molecule has 26 heavy (non-hydrogen) atoms. The number of amides is 1. The van der Waals surface area contributed by atoms with E-state index in [1.165, 1.54) is 25.6 Å². The highest BCUT2D eigenvalue weighted by atomic mass is 35.5. The molecular weight excluding hydrogens is 400 g/mol. The van der Waals surface area contributed by atoms with Crippen LogP contribution in [0.4, 0.5) is 0 Å². The Morgan fingerprint density at radius 1 is 1.35 bits per heavy atom. The largest absolute Gasteiger partial charge is 0.455 e. The number of sulfonamides is 1. The standard InChI is InChI=1S/C16H23ClN2O5S2/c1-11-5-3-4-6-12(11)18-14(20)10-24-15(21)9-19(2)26(22,23)16-8-7-13(17)25-16/h7-8,11-12H,3-6,9-10H2,1-2H3,(H,18,20). The monoisotopic (exact) mass is 422 g/mol. The number of thiophene rings is 1. The average molecular weight is 423 g/mol. The van der Waals surface area contributed by atoms with Gasteiger partial charge >= 0.3 is 5.97 Å². The molecule has 2 unspecified atom stereocenters. The normalized spacial score (nSPS) is 20.8. The number of halogens is 1. The van der Waals surface area contributed by atoms with E-state index in [0.29, 0.717) is 10.3 Å². The summed E-state index contributed by atoms with van der Waals surface area (Å²) in [4.78, 5) is 23.8. The van der Waals surface area contributed by atoms with Gasteiger partial charge in [0.05, 0.1) is 4.34 Å². The van der Waals surface area contributed by atoms with E-state index in [0.717, 1.165) is 34.9 Å². The van der Waals surface area contributed by atoms with Crippen molar-refractivity contribution in [2.75, 3.05) is 20.2 Å². The van der Waals surface area contributed by atoms with Crippen molar-refractivity contribution in [3.63, 3.8) is 0 Å². The molecule has 1 amide bonds. The van der Waals surface area contributed by atoms with Crippen LogP contribution in [0.2, 0.25) is 4.34 Å². The molecule has 2 atom stereocenters. The Balaban J connectivity index is 1.79. The Labute approximate surface area is 162 Å². The van der Waals surface area contributed by atoms with Crippen LogP contribution in [0.5, 0.6) is 0 Å². The highest BCUT2D eigenvalue weighted by molar-refractivity contribution is 7.91. The first-order valence-corrected chi connectivity index (χ1v) is 11.0. The van der Waals surface area contributed by atoms with E-state index in [4.69, 9.17) is 16.3 Å². The minimum absolute atomic E-state index is 0.0434. The van der Waals surface area contributed by atoms with Gasteiger partial charge in [-0.15, -0.1) is 11.3 Å². The SMILES string of the molecule is CC1CCCCC1NC(=O)COC(=O)CN(C)S(=O)(=O)c1ccc(Cl)s1. The van der Waals surface area contributed by atoms with E-state index in [1.54, 1.807) is 0 Å². The molecule has 1 N–H and O–H groups in total. The lowest BCUT2D eigenvalue weighted by atomic mass is 9.86. The zero-order chi connectivity index (χ0) is 19.3. The fraction of sp³-hybridized carbons (Fsp3) is 0.625. The molecule has 0 saturated heterocycles. The molecule has 1 aromatic rings. The second kappa shape index (κ2) is 9.16. The van der Waals surface area contributed by atoms with E-state index < -0.39 is 29.1 Å². The van der Waals surface area contributed by atoms with Gasteiger partial charge in [0, 0.05) is 13.1 Å². The lowest BCUT2D eigenvalue weighted by molar-refractivity contribution is -0.148. The van der Waals surface area contributed by atoms with E-state index >= 15 is 0 Å².